The summed E-state index contributed by atoms with van der Waals surface area (Å²) in [4.78, 5) is 1.95. The number of hydrogen-bond donors (Lipinski definition) is 1. The fraction of sp³-hybridized carbons (Fsp3) is 0.250. The van der Waals surface area contributed by atoms with Crippen LogP contribution in [-0.4, -0.2) is 11.9 Å². The first-order valence-corrected chi connectivity index (χ1v) is 6.47. The number of benzene rings is 2. The van der Waals surface area contributed by atoms with Crippen LogP contribution in [0.5, 0.6) is 0 Å². The van der Waals surface area contributed by atoms with Crippen LogP contribution in [0.25, 0.3) is 0 Å². The van der Waals surface area contributed by atoms with Gasteiger partial charge in [-0.25, -0.2) is 8.78 Å². The van der Waals surface area contributed by atoms with Crippen LogP contribution in [0, 0.1) is 11.6 Å². The van der Waals surface area contributed by atoms with Crippen LogP contribution in [0.2, 0.25) is 0 Å². The van der Waals surface area contributed by atoms with Gasteiger partial charge in [0, 0.05) is 23.8 Å². The van der Waals surface area contributed by atoms with Gasteiger partial charge in [-0.2, -0.15) is 0 Å². The Kier molecular flexibility index (Phi) is 4.35. The molecule has 0 spiro atoms. The zero-order chi connectivity index (χ0) is 14.7. The summed E-state index contributed by atoms with van der Waals surface area (Å²) in [6.45, 7) is 2.34. The molecule has 2 N–H and O–H groups in total. The van der Waals surface area contributed by atoms with Crippen molar-refractivity contribution in [2.45, 2.75) is 19.5 Å². The smallest absolute Gasteiger partial charge is 0.127 e. The Labute approximate surface area is 117 Å². The van der Waals surface area contributed by atoms with Crippen molar-refractivity contribution in [3.05, 3.63) is 65.2 Å². The van der Waals surface area contributed by atoms with Gasteiger partial charge in [-0.3, -0.25) is 4.90 Å². The molecule has 0 aliphatic carbocycles. The van der Waals surface area contributed by atoms with E-state index in [4.69, 9.17) is 5.73 Å². The summed E-state index contributed by atoms with van der Waals surface area (Å²) < 4.78 is 26.8. The molecule has 1 unspecified atom stereocenters. The molecule has 2 aromatic rings. The number of nitrogens with two attached hydrogens (primary N) is 1. The Morgan fingerprint density at radius 2 is 1.90 bits per heavy atom. The van der Waals surface area contributed by atoms with Crippen LogP contribution in [0.1, 0.15) is 24.1 Å². The number of rotatable bonds is 4. The van der Waals surface area contributed by atoms with E-state index >= 15 is 0 Å². The molecule has 0 radical (unpaired) electrons. The highest BCUT2D eigenvalue weighted by Crippen LogP contribution is 2.23. The molecular weight excluding hydrogens is 258 g/mol. The number of nitrogen functional groups attached to an aromatic ring is 1. The van der Waals surface area contributed by atoms with Crippen molar-refractivity contribution in [2.75, 3.05) is 12.8 Å². The monoisotopic (exact) mass is 276 g/mol. The van der Waals surface area contributed by atoms with Crippen LogP contribution in [0.4, 0.5) is 14.5 Å². The molecular formula is C16H18F2N2. The summed E-state index contributed by atoms with van der Waals surface area (Å²) in [6, 6.07) is 11.1. The quantitative estimate of drug-likeness (QED) is 0.862. The van der Waals surface area contributed by atoms with Gasteiger partial charge in [0.1, 0.15) is 11.6 Å². The van der Waals surface area contributed by atoms with Crippen molar-refractivity contribution in [1.82, 2.24) is 4.90 Å². The van der Waals surface area contributed by atoms with E-state index in [2.05, 4.69) is 0 Å². The van der Waals surface area contributed by atoms with Crippen molar-refractivity contribution in [3.8, 4) is 0 Å². The zero-order valence-corrected chi connectivity index (χ0v) is 11.6. The van der Waals surface area contributed by atoms with Gasteiger partial charge in [0.05, 0.1) is 0 Å². The van der Waals surface area contributed by atoms with Crippen LogP contribution in [-0.2, 0) is 6.54 Å². The summed E-state index contributed by atoms with van der Waals surface area (Å²) in [5, 5.41) is 0. The predicted octanol–water partition coefficient (Wildman–Crippen LogP) is 3.74. The minimum absolute atomic E-state index is 0.0566. The third-order valence-electron chi connectivity index (χ3n) is 3.48. The van der Waals surface area contributed by atoms with Crippen LogP contribution < -0.4 is 5.73 Å². The standard InChI is InChI=1S/C16H18F2N2/c1-11(12-4-3-5-15(19)9-12)20(2)10-13-8-14(17)6-7-16(13)18/h3-9,11H,10,19H2,1-2H3. The highest BCUT2D eigenvalue weighted by Gasteiger charge is 2.14. The summed E-state index contributed by atoms with van der Waals surface area (Å²) in [6.07, 6.45) is 0. The number of hydrogen-bond acceptors (Lipinski definition) is 2. The lowest BCUT2D eigenvalue weighted by molar-refractivity contribution is 0.249. The molecule has 0 aliphatic heterocycles. The molecule has 0 heterocycles. The number of anilines is 1. The van der Waals surface area contributed by atoms with Gasteiger partial charge in [0.25, 0.3) is 0 Å². The SMILES string of the molecule is CC(c1cccc(N)c1)N(C)Cc1cc(F)ccc1F. The lowest BCUT2D eigenvalue weighted by Gasteiger charge is -2.25. The van der Waals surface area contributed by atoms with Gasteiger partial charge in [-0.15, -0.1) is 0 Å². The normalized spacial score (nSPS) is 12.7. The van der Waals surface area contributed by atoms with E-state index in [1.54, 1.807) is 0 Å². The van der Waals surface area contributed by atoms with E-state index in [0.717, 1.165) is 17.7 Å². The third kappa shape index (κ3) is 3.33. The van der Waals surface area contributed by atoms with Gasteiger partial charge in [0.2, 0.25) is 0 Å². The third-order valence-corrected chi connectivity index (χ3v) is 3.48. The first-order chi connectivity index (χ1) is 9.47. The Bertz CT molecular complexity index is 599. The zero-order valence-electron chi connectivity index (χ0n) is 11.6. The van der Waals surface area contributed by atoms with E-state index in [1.165, 1.54) is 6.07 Å². The predicted molar refractivity (Wildman–Crippen MR) is 77.1 cm³/mol. The molecule has 2 nitrogen and oxygen atoms in total. The Morgan fingerprint density at radius 3 is 2.60 bits per heavy atom. The molecule has 20 heavy (non-hydrogen) atoms. The van der Waals surface area contributed by atoms with E-state index < -0.39 is 11.6 Å². The highest BCUT2D eigenvalue weighted by molar-refractivity contribution is 5.41. The second-order valence-electron chi connectivity index (χ2n) is 5.00. The number of halogens is 2. The van der Waals surface area contributed by atoms with E-state index in [1.807, 2.05) is 43.1 Å². The van der Waals surface area contributed by atoms with Crippen molar-refractivity contribution < 1.29 is 8.78 Å². The van der Waals surface area contributed by atoms with Crippen molar-refractivity contribution in [1.29, 1.82) is 0 Å². The molecule has 0 amide bonds. The molecule has 0 saturated heterocycles. The first kappa shape index (κ1) is 14.5. The van der Waals surface area contributed by atoms with Crippen LogP contribution >= 0.6 is 0 Å². The maximum atomic E-state index is 13.6. The molecule has 4 heteroatoms. The van der Waals surface area contributed by atoms with E-state index in [9.17, 15) is 8.78 Å². The van der Waals surface area contributed by atoms with Gasteiger partial charge >= 0.3 is 0 Å². The van der Waals surface area contributed by atoms with Gasteiger partial charge in [-0.05, 0) is 49.9 Å². The second kappa shape index (κ2) is 6.01. The Hall–Kier alpha value is -1.94. The molecule has 2 aromatic carbocycles. The molecule has 2 rings (SSSR count). The van der Waals surface area contributed by atoms with Gasteiger partial charge in [0.15, 0.2) is 0 Å². The second-order valence-corrected chi connectivity index (χ2v) is 5.00. The number of nitrogens with zero attached hydrogens (tertiary/aromatic N) is 1. The summed E-state index contributed by atoms with van der Waals surface area (Å²) >= 11 is 0. The largest absolute Gasteiger partial charge is 0.399 e. The topological polar surface area (TPSA) is 29.3 Å². The molecule has 1 atom stereocenters. The maximum absolute atomic E-state index is 13.6. The summed E-state index contributed by atoms with van der Waals surface area (Å²) in [5.41, 5.74) is 7.86. The van der Waals surface area contributed by atoms with Crippen LogP contribution in [0.3, 0.4) is 0 Å². The molecule has 106 valence electrons. The summed E-state index contributed by atoms with van der Waals surface area (Å²) in [5.74, 6) is -0.815. The molecule has 0 aromatic heterocycles. The van der Waals surface area contributed by atoms with Gasteiger partial charge < -0.3 is 5.73 Å². The van der Waals surface area contributed by atoms with E-state index in [-0.39, 0.29) is 6.04 Å². The van der Waals surface area contributed by atoms with Crippen molar-refractivity contribution >= 4 is 5.69 Å². The Morgan fingerprint density at radius 1 is 1.15 bits per heavy atom. The maximum Gasteiger partial charge on any atom is 0.127 e. The lowest BCUT2D eigenvalue weighted by Crippen LogP contribution is -2.22. The average molecular weight is 276 g/mol. The lowest BCUT2D eigenvalue weighted by atomic mass is 10.1. The molecule has 0 saturated carbocycles. The fourth-order valence-electron chi connectivity index (χ4n) is 2.14. The minimum atomic E-state index is -0.425. The fourth-order valence-corrected chi connectivity index (χ4v) is 2.14. The molecule has 0 bridgehead atoms. The van der Waals surface area contributed by atoms with E-state index in [0.29, 0.717) is 17.8 Å². The van der Waals surface area contributed by atoms with Crippen molar-refractivity contribution in [2.24, 2.45) is 0 Å². The van der Waals surface area contributed by atoms with Crippen molar-refractivity contribution in [3.63, 3.8) is 0 Å². The van der Waals surface area contributed by atoms with Crippen LogP contribution in [0.15, 0.2) is 42.5 Å². The highest BCUT2D eigenvalue weighted by atomic mass is 19.1. The average Bonchev–Trinajstić information content (AvgIpc) is 2.42. The molecule has 0 aliphatic rings. The Balaban J connectivity index is 2.15. The van der Waals surface area contributed by atoms with Gasteiger partial charge in [-0.1, -0.05) is 12.1 Å². The summed E-state index contributed by atoms with van der Waals surface area (Å²) in [7, 11) is 1.87. The minimum Gasteiger partial charge on any atom is -0.399 e. The molecule has 0 fully saturated rings. The first-order valence-electron chi connectivity index (χ1n) is 6.47.